The van der Waals surface area contributed by atoms with E-state index in [4.69, 9.17) is 16.3 Å². The van der Waals surface area contributed by atoms with Gasteiger partial charge in [-0.15, -0.1) is 11.6 Å². The van der Waals surface area contributed by atoms with Gasteiger partial charge in [0.1, 0.15) is 0 Å². The van der Waals surface area contributed by atoms with Crippen LogP contribution < -0.4 is 10.6 Å². The molecule has 2 aliphatic heterocycles. The van der Waals surface area contributed by atoms with E-state index >= 15 is 0 Å². The van der Waals surface area contributed by atoms with Gasteiger partial charge in [-0.25, -0.2) is 0 Å². The highest BCUT2D eigenvalue weighted by atomic mass is 35.5. The molecule has 0 bridgehead atoms. The van der Waals surface area contributed by atoms with Crippen LogP contribution in [-0.2, 0) is 15.7 Å². The van der Waals surface area contributed by atoms with E-state index in [2.05, 4.69) is 22.8 Å². The van der Waals surface area contributed by atoms with E-state index in [1.165, 1.54) is 12.1 Å². The van der Waals surface area contributed by atoms with Crippen molar-refractivity contribution < 1.29 is 22.7 Å². The van der Waals surface area contributed by atoms with Crippen LogP contribution in [-0.4, -0.2) is 30.5 Å². The lowest BCUT2D eigenvalue weighted by molar-refractivity contribution is -0.138. The molecule has 8 heteroatoms. The fraction of sp³-hybridized carbons (Fsp3) is 0.560. The van der Waals surface area contributed by atoms with Crippen molar-refractivity contribution in [3.8, 4) is 0 Å². The molecule has 0 saturated carbocycles. The van der Waals surface area contributed by atoms with Crippen LogP contribution in [0.2, 0.25) is 0 Å². The number of carbonyl (C=O) groups is 1. The standard InChI is InChI=1S/C25H30ClF3N2O2/c26-13-5-4-8-22(32)30-15-18-10-11-19-23(16-6-2-1-3-7-16)31-21-12-9-17(25(27,28)29)14-20(21)24(19)33-18/h1-3,6,9,12,14,16,18-19,23-24,31H,4-5,7-8,10-11,13,15H2,(H,30,32)/t16?,18-,19+,23+,24+/m1/s1. The number of rotatable bonds is 7. The maximum atomic E-state index is 13.4. The number of allylic oxidation sites excluding steroid dienone is 3. The first-order valence-electron chi connectivity index (χ1n) is 11.7. The number of hydrogen-bond donors (Lipinski definition) is 2. The molecule has 1 aromatic carbocycles. The summed E-state index contributed by atoms with van der Waals surface area (Å²) < 4.78 is 46.7. The average Bonchev–Trinajstić information content (AvgIpc) is 2.82. The van der Waals surface area contributed by atoms with Gasteiger partial charge < -0.3 is 15.4 Å². The Bertz CT molecular complexity index is 902. The van der Waals surface area contributed by atoms with Crippen molar-refractivity contribution in [1.82, 2.24) is 5.32 Å². The largest absolute Gasteiger partial charge is 0.416 e. The predicted octanol–water partition coefficient (Wildman–Crippen LogP) is 5.99. The Hall–Kier alpha value is -1.99. The Kier molecular flexibility index (Phi) is 7.69. The zero-order chi connectivity index (χ0) is 23.4. The molecule has 33 heavy (non-hydrogen) atoms. The molecule has 1 unspecified atom stereocenters. The lowest BCUT2D eigenvalue weighted by Gasteiger charge is -2.47. The van der Waals surface area contributed by atoms with Crippen LogP contribution in [0.3, 0.4) is 0 Å². The Morgan fingerprint density at radius 3 is 2.79 bits per heavy atom. The molecule has 2 heterocycles. The molecule has 3 aliphatic rings. The molecule has 1 fully saturated rings. The number of benzene rings is 1. The second-order valence-corrected chi connectivity index (χ2v) is 9.43. The summed E-state index contributed by atoms with van der Waals surface area (Å²) in [5.74, 6) is 0.785. The fourth-order valence-corrected chi connectivity index (χ4v) is 5.30. The molecule has 5 atom stereocenters. The summed E-state index contributed by atoms with van der Waals surface area (Å²) in [5, 5.41) is 6.44. The zero-order valence-electron chi connectivity index (χ0n) is 18.4. The summed E-state index contributed by atoms with van der Waals surface area (Å²) >= 11 is 5.66. The monoisotopic (exact) mass is 482 g/mol. The number of alkyl halides is 4. The highest BCUT2D eigenvalue weighted by molar-refractivity contribution is 6.17. The average molecular weight is 483 g/mol. The molecule has 1 saturated heterocycles. The molecule has 0 radical (unpaired) electrons. The number of fused-ring (bicyclic) bond motifs is 3. The highest BCUT2D eigenvalue weighted by Crippen LogP contribution is 2.49. The van der Waals surface area contributed by atoms with Crippen molar-refractivity contribution >= 4 is 23.2 Å². The van der Waals surface area contributed by atoms with E-state index in [1.54, 1.807) is 0 Å². The van der Waals surface area contributed by atoms with Gasteiger partial charge in [0, 0.05) is 48.0 Å². The van der Waals surface area contributed by atoms with E-state index in [9.17, 15) is 18.0 Å². The van der Waals surface area contributed by atoms with Gasteiger partial charge in [-0.2, -0.15) is 13.2 Å². The number of ether oxygens (including phenoxy) is 1. The van der Waals surface area contributed by atoms with Gasteiger partial charge in [0.2, 0.25) is 5.91 Å². The van der Waals surface area contributed by atoms with Crippen molar-refractivity contribution in [1.29, 1.82) is 0 Å². The number of halogens is 4. The number of carbonyl (C=O) groups excluding carboxylic acids is 1. The van der Waals surface area contributed by atoms with Crippen molar-refractivity contribution in [2.75, 3.05) is 17.7 Å². The van der Waals surface area contributed by atoms with Crippen LogP contribution in [0.4, 0.5) is 18.9 Å². The lowest BCUT2D eigenvalue weighted by Crippen LogP contribution is -2.48. The molecular weight excluding hydrogens is 453 g/mol. The van der Waals surface area contributed by atoms with Crippen LogP contribution >= 0.6 is 11.6 Å². The van der Waals surface area contributed by atoms with Gasteiger partial charge in [0.25, 0.3) is 0 Å². The van der Waals surface area contributed by atoms with Gasteiger partial charge in [-0.1, -0.05) is 24.3 Å². The molecule has 0 aromatic heterocycles. The minimum Gasteiger partial charge on any atom is -0.381 e. The van der Waals surface area contributed by atoms with Gasteiger partial charge in [0.15, 0.2) is 0 Å². The maximum absolute atomic E-state index is 13.4. The normalized spacial score (nSPS) is 28.5. The molecule has 1 amide bonds. The third-order valence-corrected chi connectivity index (χ3v) is 7.08. The Labute approximate surface area is 197 Å². The summed E-state index contributed by atoms with van der Waals surface area (Å²) in [5.41, 5.74) is 0.585. The number of unbranched alkanes of at least 4 members (excludes halogenated alkanes) is 1. The first-order chi connectivity index (χ1) is 15.9. The first-order valence-corrected chi connectivity index (χ1v) is 12.2. The Balaban J connectivity index is 1.52. The number of amides is 1. The third-order valence-electron chi connectivity index (χ3n) is 6.81. The van der Waals surface area contributed by atoms with Crippen molar-refractivity contribution in [3.63, 3.8) is 0 Å². The molecule has 4 rings (SSSR count). The summed E-state index contributed by atoms with van der Waals surface area (Å²) in [4.78, 5) is 12.1. The first kappa shape index (κ1) is 24.1. The zero-order valence-corrected chi connectivity index (χ0v) is 19.2. The minimum atomic E-state index is -4.41. The van der Waals surface area contributed by atoms with E-state index in [0.717, 1.165) is 38.2 Å². The third kappa shape index (κ3) is 5.75. The summed E-state index contributed by atoms with van der Waals surface area (Å²) in [6, 6.07) is 3.95. The summed E-state index contributed by atoms with van der Waals surface area (Å²) in [6.45, 7) is 0.362. The van der Waals surface area contributed by atoms with E-state index < -0.39 is 17.8 Å². The minimum absolute atomic E-state index is 0.0482. The lowest BCUT2D eigenvalue weighted by atomic mass is 9.73. The van der Waals surface area contributed by atoms with E-state index in [-0.39, 0.29) is 29.9 Å². The summed E-state index contributed by atoms with van der Waals surface area (Å²) in [7, 11) is 0. The van der Waals surface area contributed by atoms with Crippen molar-refractivity contribution in [2.24, 2.45) is 11.8 Å². The molecule has 0 spiro atoms. The SMILES string of the molecule is O=C(CCCCCl)NC[C@H]1CC[C@@H]2[C@H](O1)c1cc(C(F)(F)F)ccc1N[C@H]2C1C=CC=CC1. The van der Waals surface area contributed by atoms with Crippen LogP contribution in [0.15, 0.2) is 42.5 Å². The number of anilines is 1. The van der Waals surface area contributed by atoms with Gasteiger partial charge in [0.05, 0.1) is 17.8 Å². The fourth-order valence-electron chi connectivity index (χ4n) is 5.11. The van der Waals surface area contributed by atoms with Gasteiger partial charge in [-0.05, 0) is 50.3 Å². The Morgan fingerprint density at radius 2 is 2.06 bits per heavy atom. The van der Waals surface area contributed by atoms with Crippen molar-refractivity contribution in [2.45, 2.75) is 63.0 Å². The quantitative estimate of drug-likeness (QED) is 0.370. The van der Waals surface area contributed by atoms with Crippen LogP contribution in [0, 0.1) is 11.8 Å². The molecule has 2 N–H and O–H groups in total. The van der Waals surface area contributed by atoms with Crippen molar-refractivity contribution in [3.05, 3.63) is 53.6 Å². The van der Waals surface area contributed by atoms with E-state index in [1.807, 2.05) is 12.2 Å². The van der Waals surface area contributed by atoms with Gasteiger partial charge in [-0.3, -0.25) is 4.79 Å². The van der Waals surface area contributed by atoms with Crippen LogP contribution in [0.5, 0.6) is 0 Å². The molecular formula is C25H30ClF3N2O2. The second-order valence-electron chi connectivity index (χ2n) is 9.05. The predicted molar refractivity (Wildman–Crippen MR) is 123 cm³/mol. The smallest absolute Gasteiger partial charge is 0.381 e. The molecule has 1 aromatic rings. The topological polar surface area (TPSA) is 50.4 Å². The van der Waals surface area contributed by atoms with Crippen LogP contribution in [0.25, 0.3) is 0 Å². The molecule has 4 nitrogen and oxygen atoms in total. The van der Waals surface area contributed by atoms with Crippen LogP contribution in [0.1, 0.15) is 55.8 Å². The Morgan fingerprint density at radius 1 is 1.21 bits per heavy atom. The molecule has 1 aliphatic carbocycles. The van der Waals surface area contributed by atoms with E-state index in [0.29, 0.717) is 30.1 Å². The van der Waals surface area contributed by atoms with Gasteiger partial charge >= 0.3 is 6.18 Å². The maximum Gasteiger partial charge on any atom is 0.416 e. The number of nitrogens with one attached hydrogen (secondary N) is 2. The second kappa shape index (κ2) is 10.5. The summed E-state index contributed by atoms with van der Waals surface area (Å²) in [6.07, 6.45) is 7.63. The number of hydrogen-bond acceptors (Lipinski definition) is 3. The highest BCUT2D eigenvalue weighted by Gasteiger charge is 2.45. The molecule has 180 valence electrons.